The van der Waals surface area contributed by atoms with Gasteiger partial charge in [-0.15, -0.1) is 0 Å². The fourth-order valence-electron chi connectivity index (χ4n) is 4.82. The Morgan fingerprint density at radius 3 is 2.26 bits per heavy atom. The fraction of sp³-hybridized carbons (Fsp3) is 0.448. The van der Waals surface area contributed by atoms with Gasteiger partial charge in [0, 0.05) is 19.0 Å². The van der Waals surface area contributed by atoms with E-state index in [9.17, 15) is 14.4 Å². The third-order valence-electron chi connectivity index (χ3n) is 6.62. The summed E-state index contributed by atoms with van der Waals surface area (Å²) >= 11 is 0. The summed E-state index contributed by atoms with van der Waals surface area (Å²) < 4.78 is 4.70. The summed E-state index contributed by atoms with van der Waals surface area (Å²) in [5, 5.41) is 5.59. The van der Waals surface area contributed by atoms with Gasteiger partial charge in [-0.25, -0.2) is 9.79 Å². The van der Waals surface area contributed by atoms with Crippen molar-refractivity contribution in [2.75, 3.05) is 13.7 Å². The molecule has 0 radical (unpaired) electrons. The van der Waals surface area contributed by atoms with Gasteiger partial charge in [0.25, 0.3) is 5.91 Å². The van der Waals surface area contributed by atoms with Crippen molar-refractivity contribution in [1.82, 2.24) is 15.5 Å². The van der Waals surface area contributed by atoms with Gasteiger partial charge in [-0.2, -0.15) is 0 Å². The van der Waals surface area contributed by atoms with Crippen molar-refractivity contribution in [3.63, 3.8) is 0 Å². The number of hydrogen-bond donors (Lipinski definition) is 3. The molecule has 1 heterocycles. The number of methoxy groups -OCH3 is 1. The molecule has 0 bridgehead atoms. The van der Waals surface area contributed by atoms with E-state index in [0.717, 1.165) is 11.1 Å². The van der Waals surface area contributed by atoms with E-state index in [0.29, 0.717) is 32.2 Å². The molecular formula is C29H39N5O4. The van der Waals surface area contributed by atoms with Crippen molar-refractivity contribution in [1.29, 1.82) is 0 Å². The molecule has 3 amide bonds. The number of nitrogens with one attached hydrogen (secondary N) is 2. The van der Waals surface area contributed by atoms with Crippen molar-refractivity contribution in [3.8, 4) is 0 Å². The molecule has 0 saturated carbocycles. The monoisotopic (exact) mass is 521 g/mol. The highest BCUT2D eigenvalue weighted by Crippen LogP contribution is 2.38. The molecule has 1 aliphatic heterocycles. The zero-order valence-corrected chi connectivity index (χ0v) is 22.6. The maximum Gasteiger partial charge on any atom is 0.407 e. The summed E-state index contributed by atoms with van der Waals surface area (Å²) in [5.74, 6) is 0.0524. The first-order valence-electron chi connectivity index (χ1n) is 13.1. The number of ether oxygens (including phenoxy) is 1. The SMILES string of the molecule is COC(=O)N[C@@H](Cc1ccccc1)C(=O)N[C@@H](C)CCCN1C(=O)[C@@](CC(C)C)(c2ccccc2)N=C1N. The Hall–Kier alpha value is -3.88. The lowest BCUT2D eigenvalue weighted by molar-refractivity contribution is -0.132. The molecule has 2 aromatic carbocycles. The van der Waals surface area contributed by atoms with Gasteiger partial charge in [0.05, 0.1) is 7.11 Å². The van der Waals surface area contributed by atoms with E-state index in [4.69, 9.17) is 10.5 Å². The summed E-state index contributed by atoms with van der Waals surface area (Å²) in [4.78, 5) is 44.7. The van der Waals surface area contributed by atoms with Crippen LogP contribution in [0.4, 0.5) is 4.79 Å². The topological polar surface area (TPSA) is 126 Å². The van der Waals surface area contributed by atoms with Crippen molar-refractivity contribution in [2.24, 2.45) is 16.6 Å². The summed E-state index contributed by atoms with van der Waals surface area (Å²) in [5.41, 5.74) is 7.01. The number of carbonyl (C=O) groups excluding carboxylic acids is 3. The minimum atomic E-state index is -1.01. The van der Waals surface area contributed by atoms with Gasteiger partial charge in [0.15, 0.2) is 11.5 Å². The predicted molar refractivity (Wildman–Crippen MR) is 147 cm³/mol. The van der Waals surface area contributed by atoms with Gasteiger partial charge in [-0.1, -0.05) is 74.5 Å². The van der Waals surface area contributed by atoms with Gasteiger partial charge >= 0.3 is 6.09 Å². The predicted octanol–water partition coefficient (Wildman–Crippen LogP) is 3.34. The molecule has 0 aliphatic carbocycles. The van der Waals surface area contributed by atoms with E-state index in [1.807, 2.05) is 67.6 Å². The molecule has 0 spiro atoms. The highest BCUT2D eigenvalue weighted by molar-refractivity contribution is 6.07. The van der Waals surface area contributed by atoms with E-state index in [1.54, 1.807) is 4.90 Å². The number of rotatable bonds is 12. The van der Waals surface area contributed by atoms with Crippen molar-refractivity contribution in [2.45, 2.75) is 64.1 Å². The van der Waals surface area contributed by atoms with Crippen LogP contribution in [0.1, 0.15) is 51.2 Å². The number of amides is 3. The summed E-state index contributed by atoms with van der Waals surface area (Å²) in [6.45, 7) is 6.43. The number of hydrogen-bond acceptors (Lipinski definition) is 6. The summed E-state index contributed by atoms with van der Waals surface area (Å²) in [6.07, 6.45) is 1.46. The van der Waals surface area contributed by atoms with Crippen molar-refractivity contribution in [3.05, 3.63) is 71.8 Å². The first-order valence-corrected chi connectivity index (χ1v) is 13.1. The van der Waals surface area contributed by atoms with E-state index in [2.05, 4.69) is 29.5 Å². The Morgan fingerprint density at radius 2 is 1.66 bits per heavy atom. The van der Waals surface area contributed by atoms with Crippen LogP contribution in [0.3, 0.4) is 0 Å². The Kier molecular flexibility index (Phi) is 9.87. The number of nitrogens with two attached hydrogens (primary N) is 1. The average Bonchev–Trinajstić information content (AvgIpc) is 3.13. The van der Waals surface area contributed by atoms with Crippen LogP contribution in [-0.4, -0.2) is 54.5 Å². The first kappa shape index (κ1) is 28.7. The molecule has 2 aromatic rings. The number of nitrogens with zero attached hydrogens (tertiary/aromatic N) is 2. The number of benzene rings is 2. The summed E-state index contributed by atoms with van der Waals surface area (Å²) in [6, 6.07) is 18.1. The lowest BCUT2D eigenvalue weighted by Crippen LogP contribution is -2.50. The fourth-order valence-corrected chi connectivity index (χ4v) is 4.82. The van der Waals surface area contributed by atoms with Crippen LogP contribution in [0.5, 0.6) is 0 Å². The Labute approximate surface area is 224 Å². The van der Waals surface area contributed by atoms with Gasteiger partial charge in [-0.3, -0.25) is 14.5 Å². The number of aliphatic imine (C=N–C) groups is 1. The van der Waals surface area contributed by atoms with Crippen LogP contribution >= 0.6 is 0 Å². The lowest BCUT2D eigenvalue weighted by atomic mass is 9.82. The Balaban J connectivity index is 1.59. The van der Waals surface area contributed by atoms with Crippen molar-refractivity contribution >= 4 is 23.9 Å². The number of carbonyl (C=O) groups is 3. The third kappa shape index (κ3) is 7.12. The molecule has 4 N–H and O–H groups in total. The minimum Gasteiger partial charge on any atom is -0.453 e. The van der Waals surface area contributed by atoms with Crippen LogP contribution in [0, 0.1) is 5.92 Å². The molecule has 0 fully saturated rings. The Bertz CT molecular complexity index is 1120. The summed E-state index contributed by atoms with van der Waals surface area (Å²) in [7, 11) is 1.26. The molecule has 9 heteroatoms. The molecule has 204 valence electrons. The van der Waals surface area contributed by atoms with Crippen LogP contribution in [-0.2, 0) is 26.3 Å². The molecule has 3 atom stereocenters. The standard InChI is InChI=1S/C29H39N5O4/c1-20(2)19-29(23-15-9-6-10-16-23)26(36)34(27(30)33-29)17-11-12-21(3)31-25(35)24(32-28(37)38-4)18-22-13-7-5-8-14-22/h5-10,13-16,20-21,24H,11-12,17-19H2,1-4H3,(H2,30,33)(H,31,35)(H,32,37)/t21-,24-,29+/m0/s1. The zero-order chi connectivity index (χ0) is 27.7. The second-order valence-electron chi connectivity index (χ2n) is 10.2. The van der Waals surface area contributed by atoms with E-state index in [1.165, 1.54) is 7.11 Å². The highest BCUT2D eigenvalue weighted by Gasteiger charge is 2.49. The maximum atomic E-state index is 13.6. The maximum absolute atomic E-state index is 13.6. The highest BCUT2D eigenvalue weighted by atomic mass is 16.5. The van der Waals surface area contributed by atoms with Crippen molar-refractivity contribution < 1.29 is 19.1 Å². The van der Waals surface area contributed by atoms with Gasteiger partial charge in [0.2, 0.25) is 5.91 Å². The van der Waals surface area contributed by atoms with Crippen LogP contribution in [0.2, 0.25) is 0 Å². The number of alkyl carbamates (subject to hydrolysis) is 1. The van der Waals surface area contributed by atoms with Crippen LogP contribution < -0.4 is 16.4 Å². The second kappa shape index (κ2) is 13.1. The quantitative estimate of drug-likeness (QED) is 0.395. The zero-order valence-electron chi connectivity index (χ0n) is 22.6. The Morgan fingerprint density at radius 1 is 1.03 bits per heavy atom. The minimum absolute atomic E-state index is 0.114. The lowest BCUT2D eigenvalue weighted by Gasteiger charge is -2.28. The van der Waals surface area contributed by atoms with E-state index < -0.39 is 17.7 Å². The largest absolute Gasteiger partial charge is 0.453 e. The molecule has 9 nitrogen and oxygen atoms in total. The second-order valence-corrected chi connectivity index (χ2v) is 10.2. The molecule has 3 rings (SSSR count). The molecule has 1 aliphatic rings. The van der Waals surface area contributed by atoms with Gasteiger partial charge in [-0.05, 0) is 43.2 Å². The van der Waals surface area contributed by atoms with Gasteiger partial charge in [0.1, 0.15) is 6.04 Å². The smallest absolute Gasteiger partial charge is 0.407 e. The van der Waals surface area contributed by atoms with Crippen LogP contribution in [0.25, 0.3) is 0 Å². The molecule has 0 aromatic heterocycles. The molecule has 38 heavy (non-hydrogen) atoms. The molecule has 0 unspecified atom stereocenters. The molecular weight excluding hydrogens is 482 g/mol. The molecule has 0 saturated heterocycles. The first-order chi connectivity index (χ1) is 18.2. The average molecular weight is 522 g/mol. The van der Waals surface area contributed by atoms with E-state index in [-0.39, 0.29) is 29.7 Å². The third-order valence-corrected chi connectivity index (χ3v) is 6.62. The normalized spacial score (nSPS) is 18.6. The van der Waals surface area contributed by atoms with Gasteiger partial charge < -0.3 is 21.1 Å². The van der Waals surface area contributed by atoms with Crippen LogP contribution in [0.15, 0.2) is 65.7 Å². The number of guanidine groups is 1. The van der Waals surface area contributed by atoms with E-state index >= 15 is 0 Å².